The minimum Gasteiger partial charge on any atom is -0.349 e. The first kappa shape index (κ1) is 17.1. The van der Waals surface area contributed by atoms with E-state index in [9.17, 15) is 4.79 Å². The summed E-state index contributed by atoms with van der Waals surface area (Å²) in [5, 5.41) is 13.8. The second kappa shape index (κ2) is 8.39. The minimum absolute atomic E-state index is 0. The Morgan fingerprint density at radius 3 is 2.71 bits per heavy atom. The molecule has 0 aliphatic heterocycles. The van der Waals surface area contributed by atoms with E-state index in [1.165, 1.54) is 0 Å². The summed E-state index contributed by atoms with van der Waals surface area (Å²) < 4.78 is 1.86. The van der Waals surface area contributed by atoms with Crippen LogP contribution in [0.2, 0.25) is 0 Å². The maximum Gasteiger partial charge on any atom is 0.224 e. The summed E-state index contributed by atoms with van der Waals surface area (Å²) in [7, 11) is 1.83. The maximum absolute atomic E-state index is 11.9. The first-order valence-electron chi connectivity index (χ1n) is 6.59. The Morgan fingerprint density at radius 1 is 1.33 bits per heavy atom. The summed E-state index contributed by atoms with van der Waals surface area (Å²) in [4.78, 5) is 11.9. The lowest BCUT2D eigenvalue weighted by atomic mass is 10.1. The fourth-order valence-corrected chi connectivity index (χ4v) is 1.92. The molecule has 6 nitrogen and oxygen atoms in total. The van der Waals surface area contributed by atoms with Crippen molar-refractivity contribution in [3.63, 3.8) is 0 Å². The molecule has 2 aromatic rings. The number of para-hydroxylation sites is 1. The molecule has 2 N–H and O–H groups in total. The van der Waals surface area contributed by atoms with Gasteiger partial charge in [-0.2, -0.15) is 0 Å². The predicted molar refractivity (Wildman–Crippen MR) is 83.5 cm³/mol. The second-order valence-electron chi connectivity index (χ2n) is 4.63. The van der Waals surface area contributed by atoms with Gasteiger partial charge in [-0.25, -0.2) is 0 Å². The smallest absolute Gasteiger partial charge is 0.224 e. The van der Waals surface area contributed by atoms with Crippen LogP contribution in [0.1, 0.15) is 12.7 Å². The van der Waals surface area contributed by atoms with Crippen LogP contribution in [0.3, 0.4) is 0 Å². The number of rotatable bonds is 6. The lowest BCUT2D eigenvalue weighted by Crippen LogP contribution is -2.34. The summed E-state index contributed by atoms with van der Waals surface area (Å²) >= 11 is 0. The minimum atomic E-state index is -0.0758. The first-order chi connectivity index (χ1) is 9.72. The number of carbonyl (C=O) groups is 1. The fourth-order valence-electron chi connectivity index (χ4n) is 1.92. The summed E-state index contributed by atoms with van der Waals surface area (Å²) in [5.41, 5.74) is 0.977. The molecule has 0 radical (unpaired) electrons. The van der Waals surface area contributed by atoms with Gasteiger partial charge < -0.3 is 10.6 Å². The molecule has 0 saturated carbocycles. The van der Waals surface area contributed by atoms with Crippen molar-refractivity contribution in [1.82, 2.24) is 25.4 Å². The summed E-state index contributed by atoms with van der Waals surface area (Å²) in [6, 6.07) is 9.80. The van der Waals surface area contributed by atoms with Crippen LogP contribution in [0.15, 0.2) is 36.7 Å². The molecule has 114 valence electrons. The average molecular weight is 310 g/mol. The molecule has 0 aliphatic carbocycles. The SMILES string of the molecule is CNCC(C)C(=O)NCc1nncn1-c1ccccc1.Cl. The molecule has 0 fully saturated rings. The molecule has 0 aliphatic rings. The monoisotopic (exact) mass is 309 g/mol. The number of hydrogen-bond donors (Lipinski definition) is 2. The van der Waals surface area contributed by atoms with E-state index < -0.39 is 0 Å². The Bertz CT molecular complexity index is 558. The number of nitrogens with one attached hydrogen (secondary N) is 2. The Morgan fingerprint density at radius 2 is 2.05 bits per heavy atom. The fraction of sp³-hybridized carbons (Fsp3) is 0.357. The van der Waals surface area contributed by atoms with Gasteiger partial charge in [-0.05, 0) is 19.2 Å². The van der Waals surface area contributed by atoms with Crippen molar-refractivity contribution in [2.24, 2.45) is 5.92 Å². The van der Waals surface area contributed by atoms with Crippen LogP contribution in [-0.2, 0) is 11.3 Å². The highest BCUT2D eigenvalue weighted by Crippen LogP contribution is 2.08. The zero-order valence-electron chi connectivity index (χ0n) is 12.1. The van der Waals surface area contributed by atoms with Crippen molar-refractivity contribution in [3.05, 3.63) is 42.5 Å². The van der Waals surface area contributed by atoms with E-state index in [4.69, 9.17) is 0 Å². The average Bonchev–Trinajstić information content (AvgIpc) is 2.94. The van der Waals surface area contributed by atoms with Crippen LogP contribution in [0, 0.1) is 5.92 Å². The molecule has 1 atom stereocenters. The van der Waals surface area contributed by atoms with Gasteiger partial charge in [-0.15, -0.1) is 22.6 Å². The third kappa shape index (κ3) is 4.54. The van der Waals surface area contributed by atoms with E-state index in [0.29, 0.717) is 18.9 Å². The Kier molecular flexibility index (Phi) is 6.84. The maximum atomic E-state index is 11.9. The van der Waals surface area contributed by atoms with Crippen LogP contribution in [-0.4, -0.2) is 34.3 Å². The van der Waals surface area contributed by atoms with Gasteiger partial charge in [0.1, 0.15) is 6.33 Å². The molecule has 2 rings (SSSR count). The first-order valence-corrected chi connectivity index (χ1v) is 6.59. The number of benzene rings is 1. The number of halogens is 1. The van der Waals surface area contributed by atoms with Crippen molar-refractivity contribution in [2.75, 3.05) is 13.6 Å². The zero-order chi connectivity index (χ0) is 14.4. The van der Waals surface area contributed by atoms with Crippen molar-refractivity contribution in [3.8, 4) is 5.69 Å². The molecule has 1 heterocycles. The molecule has 0 bridgehead atoms. The van der Waals surface area contributed by atoms with Gasteiger partial charge in [0.2, 0.25) is 5.91 Å². The molecule has 7 heteroatoms. The summed E-state index contributed by atoms with van der Waals surface area (Å²) in [6.07, 6.45) is 1.65. The summed E-state index contributed by atoms with van der Waals surface area (Å²) in [5.74, 6) is 0.635. The Labute approximate surface area is 130 Å². The van der Waals surface area contributed by atoms with Crippen LogP contribution >= 0.6 is 12.4 Å². The van der Waals surface area contributed by atoms with Gasteiger partial charge in [0, 0.05) is 18.2 Å². The number of nitrogens with zero attached hydrogens (tertiary/aromatic N) is 3. The normalized spacial score (nSPS) is 11.5. The third-order valence-electron chi connectivity index (χ3n) is 3.03. The zero-order valence-corrected chi connectivity index (χ0v) is 12.9. The standard InChI is InChI=1S/C14H19N5O.ClH/c1-11(8-15-2)14(20)16-9-13-18-17-10-19(13)12-6-4-3-5-7-12;/h3-7,10-11,15H,8-9H2,1-2H3,(H,16,20);1H. The summed E-state index contributed by atoms with van der Waals surface area (Å²) in [6.45, 7) is 2.90. The van der Waals surface area contributed by atoms with Gasteiger partial charge in [-0.1, -0.05) is 25.1 Å². The van der Waals surface area contributed by atoms with E-state index in [1.54, 1.807) is 6.33 Å². The quantitative estimate of drug-likeness (QED) is 0.840. The molecular weight excluding hydrogens is 290 g/mol. The predicted octanol–water partition coefficient (Wildman–Crippen LogP) is 1.16. The molecular formula is C14H20ClN5O. The molecule has 21 heavy (non-hydrogen) atoms. The highest BCUT2D eigenvalue weighted by atomic mass is 35.5. The van der Waals surface area contributed by atoms with Gasteiger partial charge in [-0.3, -0.25) is 9.36 Å². The number of hydrogen-bond acceptors (Lipinski definition) is 4. The molecule has 0 spiro atoms. The van der Waals surface area contributed by atoms with E-state index >= 15 is 0 Å². The van der Waals surface area contributed by atoms with E-state index in [1.807, 2.05) is 48.9 Å². The second-order valence-corrected chi connectivity index (χ2v) is 4.63. The molecule has 1 aromatic carbocycles. The number of aromatic nitrogens is 3. The van der Waals surface area contributed by atoms with Crippen molar-refractivity contribution < 1.29 is 4.79 Å². The van der Waals surface area contributed by atoms with Crippen molar-refractivity contribution in [2.45, 2.75) is 13.5 Å². The third-order valence-corrected chi connectivity index (χ3v) is 3.03. The van der Waals surface area contributed by atoms with Gasteiger partial charge in [0.05, 0.1) is 6.54 Å². The van der Waals surface area contributed by atoms with Crippen molar-refractivity contribution >= 4 is 18.3 Å². The Hall–Kier alpha value is -1.92. The largest absolute Gasteiger partial charge is 0.349 e. The molecule has 1 unspecified atom stereocenters. The molecule has 1 aromatic heterocycles. The highest BCUT2D eigenvalue weighted by molar-refractivity contribution is 5.85. The topological polar surface area (TPSA) is 71.8 Å². The van der Waals surface area contributed by atoms with E-state index in [-0.39, 0.29) is 24.2 Å². The van der Waals surface area contributed by atoms with E-state index in [2.05, 4.69) is 20.8 Å². The van der Waals surface area contributed by atoms with Gasteiger partial charge >= 0.3 is 0 Å². The van der Waals surface area contributed by atoms with Gasteiger partial charge in [0.15, 0.2) is 5.82 Å². The number of amides is 1. The molecule has 1 amide bonds. The molecule has 0 saturated heterocycles. The highest BCUT2D eigenvalue weighted by Gasteiger charge is 2.13. The van der Waals surface area contributed by atoms with Crippen molar-refractivity contribution in [1.29, 1.82) is 0 Å². The van der Waals surface area contributed by atoms with Gasteiger partial charge in [0.25, 0.3) is 0 Å². The number of carbonyl (C=O) groups excluding carboxylic acids is 1. The van der Waals surface area contributed by atoms with E-state index in [0.717, 1.165) is 5.69 Å². The van der Waals surface area contributed by atoms with Crippen LogP contribution < -0.4 is 10.6 Å². The lowest BCUT2D eigenvalue weighted by molar-refractivity contribution is -0.124. The van der Waals surface area contributed by atoms with Crippen LogP contribution in [0.5, 0.6) is 0 Å². The van der Waals surface area contributed by atoms with Crippen LogP contribution in [0.4, 0.5) is 0 Å². The Balaban J connectivity index is 0.00000220. The lowest BCUT2D eigenvalue weighted by Gasteiger charge is -2.12. The van der Waals surface area contributed by atoms with Crippen LogP contribution in [0.25, 0.3) is 5.69 Å².